The van der Waals surface area contributed by atoms with Gasteiger partial charge in [-0.3, -0.25) is 0 Å². The molecule has 0 amide bonds. The Morgan fingerprint density at radius 3 is 2.26 bits per heavy atom. The quantitative estimate of drug-likeness (QED) is 0.426. The number of hydrogen-bond donors (Lipinski definition) is 0. The number of allylic oxidation sites excluding steroid dienone is 2. The standard InChI is InChI=1S/C14H11F5/c15-11-4-3-9(12(16)13(11)17)14(18,19)10-6-7-1-2-8(10)5-7/h1-4,7-8,10H,5-6H2. The molecular weight excluding hydrogens is 263 g/mol. The van der Waals surface area contributed by atoms with E-state index in [2.05, 4.69) is 0 Å². The van der Waals surface area contributed by atoms with Gasteiger partial charge in [0, 0.05) is 5.92 Å². The van der Waals surface area contributed by atoms with Crippen molar-refractivity contribution in [2.75, 3.05) is 0 Å². The fraction of sp³-hybridized carbons (Fsp3) is 0.429. The van der Waals surface area contributed by atoms with Crippen LogP contribution in [0.25, 0.3) is 0 Å². The van der Waals surface area contributed by atoms with Crippen LogP contribution < -0.4 is 0 Å². The van der Waals surface area contributed by atoms with Gasteiger partial charge in [-0.15, -0.1) is 0 Å². The lowest BCUT2D eigenvalue weighted by molar-refractivity contribution is -0.0779. The normalized spacial score (nSPS) is 29.2. The summed E-state index contributed by atoms with van der Waals surface area (Å²) in [5.41, 5.74) is -1.04. The highest BCUT2D eigenvalue weighted by Gasteiger charge is 2.52. The molecule has 0 saturated heterocycles. The van der Waals surface area contributed by atoms with Crippen LogP contribution in [0.5, 0.6) is 0 Å². The molecule has 0 N–H and O–H groups in total. The van der Waals surface area contributed by atoms with E-state index in [0.717, 1.165) is 0 Å². The fourth-order valence-corrected chi connectivity index (χ4v) is 3.18. The fourth-order valence-electron chi connectivity index (χ4n) is 3.18. The Hall–Kier alpha value is -1.39. The average Bonchev–Trinajstić information content (AvgIpc) is 2.98. The van der Waals surface area contributed by atoms with Gasteiger partial charge in [0.2, 0.25) is 0 Å². The van der Waals surface area contributed by atoms with E-state index in [0.29, 0.717) is 18.6 Å². The maximum Gasteiger partial charge on any atom is 0.279 e. The van der Waals surface area contributed by atoms with E-state index in [-0.39, 0.29) is 18.3 Å². The monoisotopic (exact) mass is 274 g/mol. The van der Waals surface area contributed by atoms with Gasteiger partial charge < -0.3 is 0 Å². The van der Waals surface area contributed by atoms with Crippen molar-refractivity contribution in [1.29, 1.82) is 0 Å². The Bertz CT molecular complexity index is 549. The lowest BCUT2D eigenvalue weighted by atomic mass is 9.84. The highest BCUT2D eigenvalue weighted by molar-refractivity contribution is 5.27. The molecule has 3 rings (SSSR count). The molecule has 1 fully saturated rings. The van der Waals surface area contributed by atoms with Crippen molar-refractivity contribution in [3.8, 4) is 0 Å². The largest absolute Gasteiger partial charge is 0.279 e. The van der Waals surface area contributed by atoms with Gasteiger partial charge >= 0.3 is 0 Å². The van der Waals surface area contributed by atoms with E-state index in [9.17, 15) is 22.0 Å². The zero-order chi connectivity index (χ0) is 13.8. The molecule has 1 saturated carbocycles. The molecule has 0 heterocycles. The van der Waals surface area contributed by atoms with Gasteiger partial charge in [0.15, 0.2) is 17.5 Å². The Morgan fingerprint density at radius 1 is 0.947 bits per heavy atom. The van der Waals surface area contributed by atoms with Crippen LogP contribution >= 0.6 is 0 Å². The molecule has 2 bridgehead atoms. The predicted molar refractivity (Wildman–Crippen MR) is 59.1 cm³/mol. The molecule has 0 spiro atoms. The minimum atomic E-state index is -3.48. The number of benzene rings is 1. The van der Waals surface area contributed by atoms with E-state index in [4.69, 9.17) is 0 Å². The molecule has 0 nitrogen and oxygen atoms in total. The van der Waals surface area contributed by atoms with Crippen LogP contribution in [0.4, 0.5) is 22.0 Å². The van der Waals surface area contributed by atoms with E-state index >= 15 is 0 Å². The molecule has 2 aliphatic carbocycles. The molecule has 3 unspecified atom stereocenters. The SMILES string of the molecule is Fc1ccc(C(F)(F)C2CC3C=CC2C3)c(F)c1F. The Labute approximate surface area is 106 Å². The molecule has 0 radical (unpaired) electrons. The molecule has 2 aliphatic rings. The van der Waals surface area contributed by atoms with Crippen LogP contribution in [-0.2, 0) is 5.92 Å². The lowest BCUT2D eigenvalue weighted by Crippen LogP contribution is -2.30. The molecule has 102 valence electrons. The summed E-state index contributed by atoms with van der Waals surface area (Å²) in [6.45, 7) is 0. The van der Waals surface area contributed by atoms with Crippen molar-refractivity contribution in [2.45, 2.75) is 18.8 Å². The summed E-state index contributed by atoms with van der Waals surface area (Å²) in [4.78, 5) is 0. The molecule has 3 atom stereocenters. The maximum absolute atomic E-state index is 14.3. The third kappa shape index (κ3) is 1.78. The summed E-state index contributed by atoms with van der Waals surface area (Å²) in [5.74, 6) is -9.82. The smallest absolute Gasteiger partial charge is 0.204 e. The third-order valence-electron chi connectivity index (χ3n) is 4.14. The van der Waals surface area contributed by atoms with E-state index in [1.165, 1.54) is 0 Å². The summed E-state index contributed by atoms with van der Waals surface area (Å²) in [6.07, 6.45) is 4.49. The molecule has 5 heteroatoms. The second-order valence-electron chi connectivity index (χ2n) is 5.23. The van der Waals surface area contributed by atoms with Crippen molar-refractivity contribution in [3.05, 3.63) is 47.3 Å². The molecule has 0 aliphatic heterocycles. The van der Waals surface area contributed by atoms with Crippen molar-refractivity contribution < 1.29 is 22.0 Å². The first-order valence-electron chi connectivity index (χ1n) is 6.11. The first kappa shape index (κ1) is 12.6. The summed E-state index contributed by atoms with van der Waals surface area (Å²) in [6, 6.07) is 1.19. The number of alkyl halides is 2. The first-order valence-corrected chi connectivity index (χ1v) is 6.11. The average molecular weight is 274 g/mol. The van der Waals surface area contributed by atoms with E-state index in [1.807, 2.05) is 6.08 Å². The Balaban J connectivity index is 2.01. The maximum atomic E-state index is 14.3. The van der Waals surface area contributed by atoms with Crippen LogP contribution in [0.3, 0.4) is 0 Å². The predicted octanol–water partition coefficient (Wildman–Crippen LogP) is 4.41. The van der Waals surface area contributed by atoms with Gasteiger partial charge in [-0.25, -0.2) is 22.0 Å². The summed E-state index contributed by atoms with van der Waals surface area (Å²) >= 11 is 0. The van der Waals surface area contributed by atoms with Gasteiger partial charge in [-0.2, -0.15) is 0 Å². The van der Waals surface area contributed by atoms with Crippen LogP contribution in [0, 0.1) is 35.2 Å². The number of hydrogen-bond acceptors (Lipinski definition) is 0. The van der Waals surface area contributed by atoms with Crippen LogP contribution in [0.2, 0.25) is 0 Å². The number of fused-ring (bicyclic) bond motifs is 2. The topological polar surface area (TPSA) is 0 Å². The molecule has 19 heavy (non-hydrogen) atoms. The second kappa shape index (κ2) is 4.05. The highest BCUT2D eigenvalue weighted by atomic mass is 19.3. The molecule has 1 aromatic rings. The summed E-state index contributed by atoms with van der Waals surface area (Å²) in [5, 5.41) is 0. The third-order valence-corrected chi connectivity index (χ3v) is 4.14. The van der Waals surface area contributed by atoms with Crippen molar-refractivity contribution in [1.82, 2.24) is 0 Å². The molecule has 0 aromatic heterocycles. The first-order chi connectivity index (χ1) is 8.91. The van der Waals surface area contributed by atoms with Gasteiger partial charge in [-0.05, 0) is 36.8 Å². The Morgan fingerprint density at radius 2 is 1.68 bits per heavy atom. The zero-order valence-electron chi connectivity index (χ0n) is 9.85. The number of rotatable bonds is 2. The van der Waals surface area contributed by atoms with Crippen LogP contribution in [0.15, 0.2) is 24.3 Å². The van der Waals surface area contributed by atoms with E-state index in [1.54, 1.807) is 6.08 Å². The van der Waals surface area contributed by atoms with Crippen molar-refractivity contribution in [3.63, 3.8) is 0 Å². The van der Waals surface area contributed by atoms with Crippen LogP contribution in [0.1, 0.15) is 18.4 Å². The molecular formula is C14H11F5. The number of halogens is 5. The summed E-state index contributed by atoms with van der Waals surface area (Å²) < 4.78 is 68.1. The highest BCUT2D eigenvalue weighted by Crippen LogP contribution is 2.54. The van der Waals surface area contributed by atoms with Gasteiger partial charge in [0.25, 0.3) is 5.92 Å². The van der Waals surface area contributed by atoms with Crippen LogP contribution in [-0.4, -0.2) is 0 Å². The minimum Gasteiger partial charge on any atom is -0.204 e. The Kier molecular flexibility index (Phi) is 2.69. The van der Waals surface area contributed by atoms with Crippen molar-refractivity contribution >= 4 is 0 Å². The minimum absolute atomic E-state index is 0.0919. The lowest BCUT2D eigenvalue weighted by Gasteiger charge is -2.28. The molecule has 1 aromatic carbocycles. The van der Waals surface area contributed by atoms with Gasteiger partial charge in [0.1, 0.15) is 0 Å². The summed E-state index contributed by atoms with van der Waals surface area (Å²) in [7, 11) is 0. The van der Waals surface area contributed by atoms with Gasteiger partial charge in [-0.1, -0.05) is 12.2 Å². The zero-order valence-corrected chi connectivity index (χ0v) is 9.85. The van der Waals surface area contributed by atoms with Crippen molar-refractivity contribution in [2.24, 2.45) is 17.8 Å². The van der Waals surface area contributed by atoms with Gasteiger partial charge in [0.05, 0.1) is 5.56 Å². The van der Waals surface area contributed by atoms with E-state index < -0.39 is 34.9 Å². The second-order valence-corrected chi connectivity index (χ2v) is 5.23.